The van der Waals surface area contributed by atoms with Crippen LogP contribution in [-0.2, 0) is 19.1 Å². The van der Waals surface area contributed by atoms with E-state index in [0.29, 0.717) is 19.0 Å². The Morgan fingerprint density at radius 3 is 2.63 bits per heavy atom. The van der Waals surface area contributed by atoms with E-state index in [9.17, 15) is 27.1 Å². The summed E-state index contributed by atoms with van der Waals surface area (Å²) in [4.78, 5) is 25.5. The summed E-state index contributed by atoms with van der Waals surface area (Å²) in [6.07, 6.45) is 0.363. The second-order valence-corrected chi connectivity index (χ2v) is 14.8. The molecular formula is C29H29F3N6O3S2. The molecule has 0 radical (unpaired) electrons. The van der Waals surface area contributed by atoms with Crippen molar-refractivity contribution in [3.05, 3.63) is 51.5 Å². The van der Waals surface area contributed by atoms with E-state index in [4.69, 9.17) is 5.26 Å². The highest BCUT2D eigenvalue weighted by Gasteiger charge is 2.42. The van der Waals surface area contributed by atoms with Gasteiger partial charge in [-0.05, 0) is 66.8 Å². The van der Waals surface area contributed by atoms with Crippen LogP contribution in [0.15, 0.2) is 29.3 Å². The minimum absolute atomic E-state index is 0.0157. The molecule has 43 heavy (non-hydrogen) atoms. The van der Waals surface area contributed by atoms with E-state index in [2.05, 4.69) is 32.3 Å². The maximum Gasteiger partial charge on any atom is 0.420 e. The molecule has 1 aromatic carbocycles. The topological polar surface area (TPSA) is 126 Å². The van der Waals surface area contributed by atoms with E-state index in [-0.39, 0.29) is 44.8 Å². The normalized spacial score (nSPS) is 21.0. The largest absolute Gasteiger partial charge is 0.420 e. The number of hydrogen-bond donors (Lipinski definition) is 3. The van der Waals surface area contributed by atoms with E-state index in [0.717, 1.165) is 78.6 Å². The molecule has 1 amide bonds. The first-order valence-electron chi connectivity index (χ1n) is 14.2. The molecule has 3 aromatic rings. The molecule has 0 bridgehead atoms. The Labute approximate surface area is 251 Å². The van der Waals surface area contributed by atoms with Gasteiger partial charge in [0.2, 0.25) is 5.95 Å². The second-order valence-electron chi connectivity index (χ2n) is 11.6. The number of nitriles is 1. The number of anilines is 2. The van der Waals surface area contributed by atoms with Crippen molar-refractivity contribution in [3.63, 3.8) is 0 Å². The van der Waals surface area contributed by atoms with Gasteiger partial charge < -0.3 is 10.2 Å². The van der Waals surface area contributed by atoms with E-state index < -0.39 is 28.0 Å². The lowest BCUT2D eigenvalue weighted by Crippen LogP contribution is -2.33. The van der Waals surface area contributed by atoms with Gasteiger partial charge in [0.25, 0.3) is 5.91 Å². The lowest BCUT2D eigenvalue weighted by molar-refractivity contribution is -0.137. The minimum Gasteiger partial charge on any atom is -0.333 e. The molecule has 226 valence electrons. The summed E-state index contributed by atoms with van der Waals surface area (Å²) in [5, 5.41) is 12.3. The van der Waals surface area contributed by atoms with Gasteiger partial charge >= 0.3 is 6.18 Å². The number of benzene rings is 1. The predicted octanol–water partition coefficient (Wildman–Crippen LogP) is 6.45. The van der Waals surface area contributed by atoms with Gasteiger partial charge in [-0.25, -0.2) is 9.97 Å². The number of amides is 1. The van der Waals surface area contributed by atoms with Crippen molar-refractivity contribution >= 4 is 39.5 Å². The molecule has 14 heteroatoms. The van der Waals surface area contributed by atoms with Gasteiger partial charge in [0.1, 0.15) is 10.4 Å². The fourth-order valence-corrected chi connectivity index (χ4v) is 8.88. The van der Waals surface area contributed by atoms with Gasteiger partial charge in [0.15, 0.2) is 0 Å². The summed E-state index contributed by atoms with van der Waals surface area (Å²) < 4.78 is 64.4. The van der Waals surface area contributed by atoms with Crippen LogP contribution >= 0.6 is 21.9 Å². The molecule has 2 aromatic heterocycles. The Morgan fingerprint density at radius 2 is 1.93 bits per heavy atom. The highest BCUT2D eigenvalue weighted by molar-refractivity contribution is 8.24. The first-order valence-corrected chi connectivity index (χ1v) is 16.7. The molecule has 2 fully saturated rings. The number of nitrogens with one attached hydrogen (secondary N) is 1. The van der Waals surface area contributed by atoms with Crippen molar-refractivity contribution in [1.82, 2.24) is 19.8 Å². The Kier molecular flexibility index (Phi) is 6.94. The van der Waals surface area contributed by atoms with Crippen LogP contribution in [0.2, 0.25) is 0 Å². The van der Waals surface area contributed by atoms with Gasteiger partial charge in [-0.15, -0.1) is 11.3 Å². The molecular weight excluding hydrogens is 601 g/mol. The molecule has 9 nitrogen and oxygen atoms in total. The fourth-order valence-electron chi connectivity index (χ4n) is 5.91. The summed E-state index contributed by atoms with van der Waals surface area (Å²) in [6, 6.07) is 7.65. The number of rotatable bonds is 6. The van der Waals surface area contributed by atoms with Crippen LogP contribution in [0.4, 0.5) is 24.8 Å². The summed E-state index contributed by atoms with van der Waals surface area (Å²) in [7, 11) is -3.38. The van der Waals surface area contributed by atoms with Crippen LogP contribution in [0.5, 0.6) is 0 Å². The monoisotopic (exact) mass is 630 g/mol. The highest BCUT2D eigenvalue weighted by Crippen LogP contribution is 2.56. The number of alkyl halides is 3. The molecule has 0 saturated heterocycles. The Bertz CT molecular complexity index is 1660. The highest BCUT2D eigenvalue weighted by atomic mass is 32.3. The third-order valence-corrected chi connectivity index (χ3v) is 11.5. The standard InChI is InChI=1S/C29H29F3N6O3S2/c30-29(31,32)21-14-34-28(35-22-12-17-5-7-37(8-6-33)15-18(17)11-20(22)16-1-2-16)36-25(21)23-13-24-26(42-23)27(39)38(19-3-4-19)9-10-43(24,40)41/h11-14,16,19,40-41H,1-5,7-10,15H2,(H,34,35,36). The SMILES string of the molecule is N#CCN1CCc2cc(Nc3ncc(C(F)(F)F)c(-c4cc5c(s4)C(=O)N(C4CC4)CCS5(O)O)n3)c(C3CC3)cc2C1. The van der Waals surface area contributed by atoms with Crippen molar-refractivity contribution in [3.8, 4) is 16.6 Å². The van der Waals surface area contributed by atoms with Crippen molar-refractivity contribution < 1.29 is 27.1 Å². The number of fused-ring (bicyclic) bond motifs is 2. The van der Waals surface area contributed by atoms with Crippen molar-refractivity contribution in [2.24, 2.45) is 0 Å². The number of thiophene rings is 1. The lowest BCUT2D eigenvalue weighted by atomic mass is 9.94. The van der Waals surface area contributed by atoms with Crippen molar-refractivity contribution in [1.29, 1.82) is 5.26 Å². The van der Waals surface area contributed by atoms with E-state index >= 15 is 0 Å². The zero-order valence-electron chi connectivity index (χ0n) is 23.0. The van der Waals surface area contributed by atoms with E-state index in [1.54, 1.807) is 4.90 Å². The average Bonchev–Trinajstić information content (AvgIpc) is 3.90. The van der Waals surface area contributed by atoms with Crippen LogP contribution in [0.3, 0.4) is 0 Å². The smallest absolute Gasteiger partial charge is 0.333 e. The van der Waals surface area contributed by atoms with Gasteiger partial charge in [-0.2, -0.15) is 29.0 Å². The van der Waals surface area contributed by atoms with Gasteiger partial charge in [-0.1, -0.05) is 6.07 Å². The first-order chi connectivity index (χ1) is 20.5. The van der Waals surface area contributed by atoms with Gasteiger partial charge in [-0.3, -0.25) is 18.8 Å². The molecule has 7 rings (SSSR count). The quantitative estimate of drug-likeness (QED) is 0.265. The molecule has 2 aliphatic heterocycles. The molecule has 4 heterocycles. The number of carbonyl (C=O) groups is 1. The summed E-state index contributed by atoms with van der Waals surface area (Å²) in [6.45, 7) is 1.95. The molecule has 0 unspecified atom stereocenters. The minimum atomic E-state index is -4.78. The van der Waals surface area contributed by atoms with Crippen molar-refractivity contribution in [2.75, 3.05) is 30.7 Å². The van der Waals surface area contributed by atoms with Gasteiger partial charge in [0.05, 0.1) is 33.8 Å². The fraction of sp³-hybridized carbons (Fsp3) is 0.448. The first kappa shape index (κ1) is 28.5. The van der Waals surface area contributed by atoms with Crippen LogP contribution in [0, 0.1) is 11.3 Å². The maximum absolute atomic E-state index is 14.2. The average molecular weight is 631 g/mol. The van der Waals surface area contributed by atoms with Gasteiger partial charge in [0, 0.05) is 37.6 Å². The van der Waals surface area contributed by atoms with E-state index in [1.807, 2.05) is 6.07 Å². The predicted molar refractivity (Wildman–Crippen MR) is 157 cm³/mol. The molecule has 2 aliphatic carbocycles. The zero-order chi connectivity index (χ0) is 30.1. The number of nitrogens with zero attached hydrogens (tertiary/aromatic N) is 5. The summed E-state index contributed by atoms with van der Waals surface area (Å²) in [5.74, 6) is -0.138. The molecule has 2 saturated carbocycles. The summed E-state index contributed by atoms with van der Waals surface area (Å²) in [5.41, 5.74) is 2.56. The third-order valence-electron chi connectivity index (χ3n) is 8.46. The Hall–Kier alpha value is -3.22. The Balaban J connectivity index is 1.27. The maximum atomic E-state index is 14.2. The van der Waals surface area contributed by atoms with Crippen LogP contribution in [0.1, 0.15) is 63.5 Å². The lowest BCUT2D eigenvalue weighted by Gasteiger charge is -2.30. The van der Waals surface area contributed by atoms with Crippen LogP contribution < -0.4 is 5.32 Å². The van der Waals surface area contributed by atoms with Crippen LogP contribution in [0.25, 0.3) is 10.6 Å². The third kappa shape index (κ3) is 5.49. The van der Waals surface area contributed by atoms with Crippen molar-refractivity contribution in [2.45, 2.75) is 61.7 Å². The second kappa shape index (κ2) is 10.4. The number of carbonyl (C=O) groups excluding carboxylic acids is 1. The molecule has 4 aliphatic rings. The molecule has 0 atom stereocenters. The number of aromatic nitrogens is 2. The number of halogens is 3. The summed E-state index contributed by atoms with van der Waals surface area (Å²) >= 11 is 0.811. The molecule has 0 spiro atoms. The zero-order valence-corrected chi connectivity index (χ0v) is 24.7. The van der Waals surface area contributed by atoms with Crippen LogP contribution in [-0.4, -0.2) is 66.2 Å². The van der Waals surface area contributed by atoms with E-state index in [1.165, 1.54) is 6.07 Å². The number of hydrogen-bond acceptors (Lipinski definition) is 9. The Morgan fingerprint density at radius 1 is 1.14 bits per heavy atom. The molecule has 3 N–H and O–H groups in total.